The third-order valence-electron chi connectivity index (χ3n) is 4.50. The van der Waals surface area contributed by atoms with Gasteiger partial charge < -0.3 is 10.6 Å². The highest BCUT2D eigenvalue weighted by molar-refractivity contribution is 5.85. The van der Waals surface area contributed by atoms with Crippen molar-refractivity contribution in [2.45, 2.75) is 38.6 Å². The van der Waals surface area contributed by atoms with Crippen LogP contribution in [0.3, 0.4) is 0 Å². The second-order valence-corrected chi connectivity index (χ2v) is 6.57. The van der Waals surface area contributed by atoms with Crippen LogP contribution >= 0.6 is 12.4 Å². The summed E-state index contributed by atoms with van der Waals surface area (Å²) in [6.45, 7) is 4.72. The van der Waals surface area contributed by atoms with E-state index in [1.807, 2.05) is 0 Å². The van der Waals surface area contributed by atoms with Gasteiger partial charge in [-0.25, -0.2) is 8.78 Å². The van der Waals surface area contributed by atoms with Crippen LogP contribution in [0.2, 0.25) is 0 Å². The SMILES string of the molecule is CC(C)C(N)CCN(C)C(=O)C1CC1c1ccc(F)cc1F.Cl. The summed E-state index contributed by atoms with van der Waals surface area (Å²) in [5, 5.41) is 0. The fourth-order valence-corrected chi connectivity index (χ4v) is 2.68. The Hall–Kier alpha value is -1.20. The van der Waals surface area contributed by atoms with E-state index in [-0.39, 0.29) is 36.2 Å². The largest absolute Gasteiger partial charge is 0.345 e. The molecule has 1 saturated carbocycles. The van der Waals surface area contributed by atoms with E-state index in [2.05, 4.69) is 13.8 Å². The summed E-state index contributed by atoms with van der Waals surface area (Å²) >= 11 is 0. The Kier molecular flexibility index (Phi) is 6.96. The van der Waals surface area contributed by atoms with Gasteiger partial charge in [-0.15, -0.1) is 12.4 Å². The minimum atomic E-state index is -0.593. The van der Waals surface area contributed by atoms with Crippen molar-refractivity contribution < 1.29 is 13.6 Å². The first-order valence-corrected chi connectivity index (χ1v) is 7.76. The Balaban J connectivity index is 0.00000264. The minimum absolute atomic E-state index is 0. The molecule has 0 aromatic heterocycles. The number of halogens is 3. The van der Waals surface area contributed by atoms with Crippen molar-refractivity contribution in [1.29, 1.82) is 0 Å². The molecule has 6 heteroatoms. The molecule has 1 aromatic rings. The Morgan fingerprint density at radius 3 is 2.61 bits per heavy atom. The fourth-order valence-electron chi connectivity index (χ4n) is 2.68. The molecule has 0 saturated heterocycles. The molecule has 1 aliphatic rings. The molecule has 2 rings (SSSR count). The highest BCUT2D eigenvalue weighted by Crippen LogP contribution is 2.49. The topological polar surface area (TPSA) is 46.3 Å². The third kappa shape index (κ3) is 4.88. The molecule has 1 aromatic carbocycles. The summed E-state index contributed by atoms with van der Waals surface area (Å²) in [4.78, 5) is 14.0. The van der Waals surface area contributed by atoms with Gasteiger partial charge >= 0.3 is 0 Å². The van der Waals surface area contributed by atoms with Crippen LogP contribution < -0.4 is 5.73 Å². The third-order valence-corrected chi connectivity index (χ3v) is 4.50. The first-order valence-electron chi connectivity index (χ1n) is 7.76. The van der Waals surface area contributed by atoms with Crippen molar-refractivity contribution in [1.82, 2.24) is 4.90 Å². The van der Waals surface area contributed by atoms with Crippen LogP contribution in [-0.4, -0.2) is 30.4 Å². The van der Waals surface area contributed by atoms with E-state index < -0.39 is 11.6 Å². The second-order valence-electron chi connectivity index (χ2n) is 6.57. The lowest BCUT2D eigenvalue weighted by Gasteiger charge is -2.21. The Labute approximate surface area is 142 Å². The Bertz CT molecular complexity index is 553. The molecule has 2 N–H and O–H groups in total. The number of benzene rings is 1. The number of hydrogen-bond donors (Lipinski definition) is 1. The zero-order chi connectivity index (χ0) is 16.4. The van der Waals surface area contributed by atoms with Crippen molar-refractivity contribution in [2.75, 3.05) is 13.6 Å². The molecular formula is C17H25ClF2N2O. The Morgan fingerprint density at radius 1 is 1.39 bits per heavy atom. The molecule has 0 spiro atoms. The van der Waals surface area contributed by atoms with Gasteiger partial charge in [-0.3, -0.25) is 4.79 Å². The average molecular weight is 347 g/mol. The maximum absolute atomic E-state index is 13.7. The number of hydrogen-bond acceptors (Lipinski definition) is 2. The quantitative estimate of drug-likeness (QED) is 0.858. The van der Waals surface area contributed by atoms with E-state index in [0.29, 0.717) is 24.4 Å². The van der Waals surface area contributed by atoms with Crippen molar-refractivity contribution in [3.8, 4) is 0 Å². The van der Waals surface area contributed by atoms with E-state index >= 15 is 0 Å². The van der Waals surface area contributed by atoms with E-state index in [9.17, 15) is 13.6 Å². The Morgan fingerprint density at radius 2 is 2.04 bits per heavy atom. The zero-order valence-corrected chi connectivity index (χ0v) is 14.6. The van der Waals surface area contributed by atoms with E-state index in [1.165, 1.54) is 12.1 Å². The standard InChI is InChI=1S/C17H24F2N2O.ClH/c1-10(2)16(20)6-7-21(3)17(22)14-9-13(14)12-5-4-11(18)8-15(12)19;/h4-5,8,10,13-14,16H,6-7,9,20H2,1-3H3;1H. The smallest absolute Gasteiger partial charge is 0.226 e. The average Bonchev–Trinajstić information content (AvgIpc) is 3.23. The van der Waals surface area contributed by atoms with Crippen LogP contribution in [0.25, 0.3) is 0 Å². The number of carbonyl (C=O) groups is 1. The van der Waals surface area contributed by atoms with Gasteiger partial charge in [-0.2, -0.15) is 0 Å². The lowest BCUT2D eigenvalue weighted by Crippen LogP contribution is -2.35. The molecule has 3 unspecified atom stereocenters. The number of carbonyl (C=O) groups excluding carboxylic acids is 1. The minimum Gasteiger partial charge on any atom is -0.345 e. The van der Waals surface area contributed by atoms with Crippen LogP contribution in [0.1, 0.15) is 38.2 Å². The summed E-state index contributed by atoms with van der Waals surface area (Å²) in [6.07, 6.45) is 1.38. The summed E-state index contributed by atoms with van der Waals surface area (Å²) < 4.78 is 26.7. The first kappa shape index (κ1) is 19.8. The molecule has 130 valence electrons. The van der Waals surface area contributed by atoms with Gasteiger partial charge in [-0.05, 0) is 36.3 Å². The van der Waals surface area contributed by atoms with Crippen molar-refractivity contribution in [2.24, 2.45) is 17.6 Å². The zero-order valence-electron chi connectivity index (χ0n) is 13.8. The van der Waals surface area contributed by atoms with Crippen molar-refractivity contribution >= 4 is 18.3 Å². The van der Waals surface area contributed by atoms with Crippen LogP contribution in [-0.2, 0) is 4.79 Å². The van der Waals surface area contributed by atoms with Gasteiger partial charge in [0.05, 0.1) is 0 Å². The van der Waals surface area contributed by atoms with E-state index in [4.69, 9.17) is 5.73 Å². The van der Waals surface area contributed by atoms with Gasteiger partial charge in [0.1, 0.15) is 11.6 Å². The molecule has 1 amide bonds. The van der Waals surface area contributed by atoms with Gasteiger partial charge in [0, 0.05) is 31.6 Å². The highest BCUT2D eigenvalue weighted by Gasteiger charge is 2.46. The lowest BCUT2D eigenvalue weighted by atomic mass is 10.0. The van der Waals surface area contributed by atoms with Gasteiger partial charge in [-0.1, -0.05) is 19.9 Å². The fraction of sp³-hybridized carbons (Fsp3) is 0.588. The molecule has 1 aliphatic carbocycles. The summed E-state index contributed by atoms with van der Waals surface area (Å²) in [5.74, 6) is -1.08. The lowest BCUT2D eigenvalue weighted by molar-refractivity contribution is -0.131. The van der Waals surface area contributed by atoms with Crippen LogP contribution in [0, 0.1) is 23.5 Å². The van der Waals surface area contributed by atoms with Crippen LogP contribution in [0.15, 0.2) is 18.2 Å². The van der Waals surface area contributed by atoms with E-state index in [0.717, 1.165) is 12.5 Å². The predicted octanol–water partition coefficient (Wildman–Crippen LogP) is 3.32. The van der Waals surface area contributed by atoms with Gasteiger partial charge in [0.15, 0.2) is 0 Å². The molecule has 3 nitrogen and oxygen atoms in total. The van der Waals surface area contributed by atoms with Crippen LogP contribution in [0.4, 0.5) is 8.78 Å². The predicted molar refractivity (Wildman–Crippen MR) is 89.5 cm³/mol. The summed E-state index contributed by atoms with van der Waals surface area (Å²) in [7, 11) is 1.76. The van der Waals surface area contributed by atoms with Crippen LogP contribution in [0.5, 0.6) is 0 Å². The molecule has 0 bridgehead atoms. The van der Waals surface area contributed by atoms with Gasteiger partial charge in [0.2, 0.25) is 5.91 Å². The van der Waals surface area contributed by atoms with Crippen molar-refractivity contribution in [3.05, 3.63) is 35.4 Å². The normalized spacial score (nSPS) is 20.8. The highest BCUT2D eigenvalue weighted by atomic mass is 35.5. The summed E-state index contributed by atoms with van der Waals surface area (Å²) in [6, 6.07) is 3.63. The molecule has 1 fully saturated rings. The first-order chi connectivity index (χ1) is 10.3. The number of amides is 1. The molecule has 0 aliphatic heterocycles. The molecule has 0 radical (unpaired) electrons. The monoisotopic (exact) mass is 346 g/mol. The molecule has 0 heterocycles. The van der Waals surface area contributed by atoms with E-state index in [1.54, 1.807) is 11.9 Å². The maximum atomic E-state index is 13.7. The number of nitrogens with two attached hydrogens (primary N) is 1. The maximum Gasteiger partial charge on any atom is 0.226 e. The molecular weight excluding hydrogens is 322 g/mol. The number of rotatable bonds is 6. The summed E-state index contributed by atoms with van der Waals surface area (Å²) in [5.41, 5.74) is 6.42. The number of nitrogens with zero attached hydrogens (tertiary/aromatic N) is 1. The van der Waals surface area contributed by atoms with Crippen molar-refractivity contribution in [3.63, 3.8) is 0 Å². The molecule has 23 heavy (non-hydrogen) atoms. The molecule has 3 atom stereocenters. The second kappa shape index (κ2) is 8.06. The van der Waals surface area contributed by atoms with Gasteiger partial charge in [0.25, 0.3) is 0 Å².